The number of carboxylic acid groups (broad SMARTS) is 1. The molecule has 5 nitrogen and oxygen atoms in total. The van der Waals surface area contributed by atoms with Gasteiger partial charge in [-0.05, 0) is 30.2 Å². The van der Waals surface area contributed by atoms with Crippen molar-refractivity contribution in [1.29, 1.82) is 5.26 Å². The number of hydrogen-bond donors (Lipinski definition) is 1. The number of benzene rings is 1. The third kappa shape index (κ3) is 2.74. The molecule has 0 aliphatic carbocycles. The Kier molecular flexibility index (Phi) is 3.52. The maximum absolute atomic E-state index is 11.7. The summed E-state index contributed by atoms with van der Waals surface area (Å²) in [6.07, 6.45) is 0.0741. The number of hydrogen-bond acceptors (Lipinski definition) is 3. The Morgan fingerprint density at radius 1 is 1.58 bits per heavy atom. The molecule has 1 aromatic rings. The van der Waals surface area contributed by atoms with Crippen molar-refractivity contribution in [3.63, 3.8) is 0 Å². The van der Waals surface area contributed by atoms with Gasteiger partial charge in [-0.1, -0.05) is 6.07 Å². The molecular weight excluding hydrogens is 244 g/mol. The quantitative estimate of drug-likeness (QED) is 0.886. The number of rotatable bonds is 3. The molecule has 1 amide bonds. The van der Waals surface area contributed by atoms with Crippen molar-refractivity contribution < 1.29 is 14.7 Å². The van der Waals surface area contributed by atoms with Crippen molar-refractivity contribution in [3.8, 4) is 6.07 Å². The fourth-order valence-electron chi connectivity index (χ4n) is 2.24. The van der Waals surface area contributed by atoms with Gasteiger partial charge < -0.3 is 10.0 Å². The Hall–Kier alpha value is -2.35. The highest BCUT2D eigenvalue weighted by Crippen LogP contribution is 2.22. The molecule has 1 fully saturated rings. The Bertz CT molecular complexity index is 575. The van der Waals surface area contributed by atoms with E-state index in [0.29, 0.717) is 12.1 Å². The van der Waals surface area contributed by atoms with Crippen molar-refractivity contribution in [1.82, 2.24) is 4.90 Å². The van der Waals surface area contributed by atoms with E-state index < -0.39 is 11.9 Å². The van der Waals surface area contributed by atoms with Crippen LogP contribution in [-0.2, 0) is 16.1 Å². The Labute approximate surface area is 111 Å². The second-order valence-electron chi connectivity index (χ2n) is 4.77. The van der Waals surface area contributed by atoms with Crippen LogP contribution in [-0.4, -0.2) is 28.4 Å². The van der Waals surface area contributed by atoms with Crippen molar-refractivity contribution in [2.75, 3.05) is 6.54 Å². The summed E-state index contributed by atoms with van der Waals surface area (Å²) in [4.78, 5) is 24.2. The largest absolute Gasteiger partial charge is 0.481 e. The maximum Gasteiger partial charge on any atom is 0.308 e. The number of carbonyl (C=O) groups excluding carboxylic acids is 1. The van der Waals surface area contributed by atoms with Crippen molar-refractivity contribution >= 4 is 11.9 Å². The second kappa shape index (κ2) is 5.11. The lowest BCUT2D eigenvalue weighted by molar-refractivity contribution is -0.141. The van der Waals surface area contributed by atoms with E-state index in [4.69, 9.17) is 10.4 Å². The maximum atomic E-state index is 11.7. The molecule has 98 valence electrons. The van der Waals surface area contributed by atoms with Crippen LogP contribution in [0.2, 0.25) is 0 Å². The third-order valence-corrected chi connectivity index (χ3v) is 3.40. The summed E-state index contributed by atoms with van der Waals surface area (Å²) in [5, 5.41) is 17.7. The summed E-state index contributed by atoms with van der Waals surface area (Å²) in [5.74, 6) is -1.66. The first-order valence-corrected chi connectivity index (χ1v) is 6.01. The van der Waals surface area contributed by atoms with Crippen LogP contribution in [0.3, 0.4) is 0 Å². The summed E-state index contributed by atoms with van der Waals surface area (Å²) >= 11 is 0. The minimum Gasteiger partial charge on any atom is -0.481 e. The van der Waals surface area contributed by atoms with Crippen LogP contribution >= 0.6 is 0 Å². The standard InChI is InChI=1S/C14H14N2O3/c1-9-4-10(6-15)2-3-11(9)7-16-8-12(14(18)19)5-13(16)17/h2-4,12H,5,7-8H2,1H3,(H,18,19). The monoisotopic (exact) mass is 258 g/mol. The lowest BCUT2D eigenvalue weighted by Gasteiger charge is -2.17. The van der Waals surface area contributed by atoms with Crippen LogP contribution in [0, 0.1) is 24.2 Å². The van der Waals surface area contributed by atoms with E-state index in [1.165, 1.54) is 0 Å². The van der Waals surface area contributed by atoms with Crippen LogP contribution < -0.4 is 0 Å². The number of aryl methyl sites for hydroxylation is 1. The number of carbonyl (C=O) groups is 2. The van der Waals surface area contributed by atoms with Gasteiger partial charge in [0.25, 0.3) is 0 Å². The Balaban J connectivity index is 2.12. The predicted molar refractivity (Wildman–Crippen MR) is 67.1 cm³/mol. The second-order valence-corrected chi connectivity index (χ2v) is 4.77. The lowest BCUT2D eigenvalue weighted by atomic mass is 10.1. The molecule has 5 heteroatoms. The van der Waals surface area contributed by atoms with E-state index in [2.05, 4.69) is 6.07 Å². The highest BCUT2D eigenvalue weighted by Gasteiger charge is 2.34. The lowest BCUT2D eigenvalue weighted by Crippen LogP contribution is -2.26. The first-order valence-electron chi connectivity index (χ1n) is 6.01. The molecular formula is C14H14N2O3. The molecule has 1 aliphatic heterocycles. The summed E-state index contributed by atoms with van der Waals surface area (Å²) in [6.45, 7) is 2.54. The Morgan fingerprint density at radius 2 is 2.32 bits per heavy atom. The molecule has 1 saturated heterocycles. The molecule has 1 unspecified atom stereocenters. The Morgan fingerprint density at radius 3 is 2.84 bits per heavy atom. The molecule has 0 saturated carbocycles. The fourth-order valence-corrected chi connectivity index (χ4v) is 2.24. The molecule has 1 heterocycles. The van der Waals surface area contributed by atoms with Crippen LogP contribution in [0.1, 0.15) is 23.1 Å². The van der Waals surface area contributed by atoms with Gasteiger partial charge in [-0.3, -0.25) is 9.59 Å². The number of nitriles is 1. The van der Waals surface area contributed by atoms with Gasteiger partial charge in [-0.15, -0.1) is 0 Å². The molecule has 1 aliphatic rings. The number of nitrogens with zero attached hydrogens (tertiary/aromatic N) is 2. The highest BCUT2D eigenvalue weighted by molar-refractivity contribution is 5.86. The van der Waals surface area contributed by atoms with Crippen LogP contribution in [0.4, 0.5) is 0 Å². The van der Waals surface area contributed by atoms with Gasteiger partial charge >= 0.3 is 5.97 Å². The summed E-state index contributed by atoms with van der Waals surface area (Å²) in [6, 6.07) is 7.35. The zero-order valence-corrected chi connectivity index (χ0v) is 10.6. The van der Waals surface area contributed by atoms with Crippen molar-refractivity contribution in [2.24, 2.45) is 5.92 Å². The fraction of sp³-hybridized carbons (Fsp3) is 0.357. The normalized spacial score (nSPS) is 18.4. The van der Waals surface area contributed by atoms with Gasteiger partial charge in [0.1, 0.15) is 0 Å². The molecule has 1 aromatic carbocycles. The summed E-state index contributed by atoms with van der Waals surface area (Å²) < 4.78 is 0. The molecule has 2 rings (SSSR count). The third-order valence-electron chi connectivity index (χ3n) is 3.40. The van der Waals surface area contributed by atoms with Gasteiger partial charge in [0.2, 0.25) is 5.91 Å². The number of carboxylic acids is 1. The van der Waals surface area contributed by atoms with Gasteiger partial charge in [-0.25, -0.2) is 0 Å². The SMILES string of the molecule is Cc1cc(C#N)ccc1CN1CC(C(=O)O)CC1=O. The molecule has 19 heavy (non-hydrogen) atoms. The number of likely N-dealkylation sites (tertiary alicyclic amines) is 1. The first-order chi connectivity index (χ1) is 9.01. The minimum atomic E-state index is -0.924. The van der Waals surface area contributed by atoms with E-state index in [1.807, 2.05) is 13.0 Å². The number of amides is 1. The molecule has 1 atom stereocenters. The van der Waals surface area contributed by atoms with E-state index >= 15 is 0 Å². The van der Waals surface area contributed by atoms with Gasteiger partial charge in [-0.2, -0.15) is 5.26 Å². The molecule has 0 radical (unpaired) electrons. The zero-order chi connectivity index (χ0) is 14.0. The van der Waals surface area contributed by atoms with Crippen LogP contribution in [0.15, 0.2) is 18.2 Å². The highest BCUT2D eigenvalue weighted by atomic mass is 16.4. The van der Waals surface area contributed by atoms with Crippen LogP contribution in [0.25, 0.3) is 0 Å². The van der Waals surface area contributed by atoms with Crippen molar-refractivity contribution in [3.05, 3.63) is 34.9 Å². The molecule has 1 N–H and O–H groups in total. The average Bonchev–Trinajstić information content (AvgIpc) is 2.73. The summed E-state index contributed by atoms with van der Waals surface area (Å²) in [5.41, 5.74) is 2.46. The topological polar surface area (TPSA) is 81.4 Å². The van der Waals surface area contributed by atoms with E-state index in [-0.39, 0.29) is 18.9 Å². The predicted octanol–water partition coefficient (Wildman–Crippen LogP) is 1.30. The van der Waals surface area contributed by atoms with Gasteiger partial charge in [0.05, 0.1) is 17.6 Å². The van der Waals surface area contributed by atoms with E-state index in [1.54, 1.807) is 17.0 Å². The van der Waals surface area contributed by atoms with Crippen molar-refractivity contribution in [2.45, 2.75) is 19.9 Å². The molecule has 0 aromatic heterocycles. The van der Waals surface area contributed by atoms with E-state index in [0.717, 1.165) is 11.1 Å². The van der Waals surface area contributed by atoms with E-state index in [9.17, 15) is 9.59 Å². The minimum absolute atomic E-state index is 0.0741. The van der Waals surface area contributed by atoms with Crippen LogP contribution in [0.5, 0.6) is 0 Å². The zero-order valence-electron chi connectivity index (χ0n) is 10.6. The molecule has 0 spiro atoms. The van der Waals surface area contributed by atoms with Gasteiger partial charge in [0.15, 0.2) is 0 Å². The summed E-state index contributed by atoms with van der Waals surface area (Å²) in [7, 11) is 0. The molecule has 0 bridgehead atoms. The smallest absolute Gasteiger partial charge is 0.308 e. The number of aliphatic carboxylic acids is 1. The van der Waals surface area contributed by atoms with Gasteiger partial charge in [0, 0.05) is 19.5 Å². The average molecular weight is 258 g/mol. The first kappa shape index (κ1) is 13.1.